The van der Waals surface area contributed by atoms with Crippen molar-refractivity contribution in [3.63, 3.8) is 0 Å². The van der Waals surface area contributed by atoms with Gasteiger partial charge in [0.05, 0.1) is 0 Å². The van der Waals surface area contributed by atoms with Gasteiger partial charge in [0.2, 0.25) is 5.91 Å². The second-order valence-electron chi connectivity index (χ2n) is 5.71. The van der Waals surface area contributed by atoms with E-state index in [4.69, 9.17) is 0 Å². The Bertz CT molecular complexity index is 700. The van der Waals surface area contributed by atoms with Gasteiger partial charge in [-0.05, 0) is 25.0 Å². The van der Waals surface area contributed by atoms with Gasteiger partial charge in [-0.15, -0.1) is 11.3 Å². The number of thiazole rings is 1. The van der Waals surface area contributed by atoms with Crippen molar-refractivity contribution in [3.8, 4) is 10.6 Å². The molecule has 1 fully saturated rings. The summed E-state index contributed by atoms with van der Waals surface area (Å²) in [4.78, 5) is 30.1. The average molecular weight is 329 g/mol. The van der Waals surface area contributed by atoms with E-state index in [2.05, 4.69) is 10.3 Å². The van der Waals surface area contributed by atoms with E-state index >= 15 is 0 Å². The third kappa shape index (κ3) is 3.76. The van der Waals surface area contributed by atoms with E-state index in [0.717, 1.165) is 30.0 Å². The molecule has 0 saturated carbocycles. The molecule has 1 aliphatic heterocycles. The van der Waals surface area contributed by atoms with Gasteiger partial charge in [-0.25, -0.2) is 4.98 Å². The fourth-order valence-corrected chi connectivity index (χ4v) is 3.54. The second kappa shape index (κ2) is 6.91. The third-order valence-corrected chi connectivity index (χ3v) is 4.73. The first-order valence-corrected chi connectivity index (χ1v) is 8.58. The molecule has 1 unspecified atom stereocenters. The van der Waals surface area contributed by atoms with Crippen LogP contribution >= 0.6 is 11.3 Å². The van der Waals surface area contributed by atoms with E-state index in [1.54, 1.807) is 17.5 Å². The summed E-state index contributed by atoms with van der Waals surface area (Å²) in [5, 5.41) is 5.75. The monoisotopic (exact) mass is 329 g/mol. The SMILES string of the molecule is CC(=O)NC1CCCN(C(=O)c2cccc(-c3nccs3)c2)C1. The summed E-state index contributed by atoms with van der Waals surface area (Å²) in [6.45, 7) is 2.81. The zero-order chi connectivity index (χ0) is 16.2. The maximum absolute atomic E-state index is 12.7. The fraction of sp³-hybridized carbons (Fsp3) is 0.353. The molecule has 1 atom stereocenters. The van der Waals surface area contributed by atoms with Crippen molar-refractivity contribution in [2.75, 3.05) is 13.1 Å². The van der Waals surface area contributed by atoms with Gasteiger partial charge >= 0.3 is 0 Å². The van der Waals surface area contributed by atoms with Gasteiger partial charge in [0.15, 0.2) is 0 Å². The predicted molar refractivity (Wildman–Crippen MR) is 90.3 cm³/mol. The second-order valence-corrected chi connectivity index (χ2v) is 6.60. The van der Waals surface area contributed by atoms with Gasteiger partial charge in [0.25, 0.3) is 5.91 Å². The van der Waals surface area contributed by atoms with Crippen LogP contribution < -0.4 is 5.32 Å². The largest absolute Gasteiger partial charge is 0.352 e. The van der Waals surface area contributed by atoms with E-state index in [1.165, 1.54) is 6.92 Å². The zero-order valence-corrected chi connectivity index (χ0v) is 13.8. The summed E-state index contributed by atoms with van der Waals surface area (Å²) in [6, 6.07) is 7.63. The van der Waals surface area contributed by atoms with E-state index < -0.39 is 0 Å². The first kappa shape index (κ1) is 15.7. The lowest BCUT2D eigenvalue weighted by Crippen LogP contribution is -2.49. The van der Waals surface area contributed by atoms with Crippen LogP contribution in [-0.2, 0) is 4.79 Å². The first-order chi connectivity index (χ1) is 11.1. The van der Waals surface area contributed by atoms with Crippen LogP contribution in [0, 0.1) is 0 Å². The Balaban J connectivity index is 1.75. The molecule has 2 aromatic rings. The van der Waals surface area contributed by atoms with Crippen molar-refractivity contribution < 1.29 is 9.59 Å². The molecule has 6 heteroatoms. The number of carbonyl (C=O) groups excluding carboxylic acids is 2. The first-order valence-electron chi connectivity index (χ1n) is 7.70. The number of likely N-dealkylation sites (tertiary alicyclic amines) is 1. The number of hydrogen-bond acceptors (Lipinski definition) is 4. The summed E-state index contributed by atoms with van der Waals surface area (Å²) in [7, 11) is 0. The number of carbonyl (C=O) groups is 2. The van der Waals surface area contributed by atoms with Crippen LogP contribution in [0.25, 0.3) is 10.6 Å². The summed E-state index contributed by atoms with van der Waals surface area (Å²) in [5.41, 5.74) is 1.63. The molecule has 1 N–H and O–H groups in total. The van der Waals surface area contributed by atoms with E-state index in [9.17, 15) is 9.59 Å². The topological polar surface area (TPSA) is 62.3 Å². The van der Waals surface area contributed by atoms with Gasteiger partial charge < -0.3 is 10.2 Å². The number of hydrogen-bond donors (Lipinski definition) is 1. The van der Waals surface area contributed by atoms with Crippen LogP contribution in [0.1, 0.15) is 30.1 Å². The molecule has 0 radical (unpaired) electrons. The smallest absolute Gasteiger partial charge is 0.253 e. The van der Waals surface area contributed by atoms with E-state index in [-0.39, 0.29) is 17.9 Å². The van der Waals surface area contributed by atoms with Gasteiger partial charge in [-0.1, -0.05) is 12.1 Å². The average Bonchev–Trinajstić information content (AvgIpc) is 3.08. The highest BCUT2D eigenvalue weighted by Gasteiger charge is 2.25. The minimum atomic E-state index is -0.0462. The summed E-state index contributed by atoms with van der Waals surface area (Å²) < 4.78 is 0. The molecule has 1 aromatic carbocycles. The van der Waals surface area contributed by atoms with Crippen LogP contribution in [0.2, 0.25) is 0 Å². The minimum absolute atomic E-state index is 0.0125. The van der Waals surface area contributed by atoms with E-state index in [0.29, 0.717) is 12.1 Å². The minimum Gasteiger partial charge on any atom is -0.352 e. The Kier molecular flexibility index (Phi) is 4.71. The number of rotatable bonds is 3. The van der Waals surface area contributed by atoms with Gasteiger partial charge in [0, 0.05) is 48.8 Å². The molecule has 3 rings (SSSR count). The Labute approximate surface area is 139 Å². The fourth-order valence-electron chi connectivity index (χ4n) is 2.90. The molecular formula is C17H19N3O2S. The van der Waals surface area contributed by atoms with Crippen molar-refractivity contribution in [1.82, 2.24) is 15.2 Å². The molecule has 5 nitrogen and oxygen atoms in total. The van der Waals surface area contributed by atoms with Crippen LogP contribution in [0.3, 0.4) is 0 Å². The number of aromatic nitrogens is 1. The molecule has 120 valence electrons. The number of amides is 2. The number of benzene rings is 1. The third-order valence-electron chi connectivity index (χ3n) is 3.90. The number of nitrogens with zero attached hydrogens (tertiary/aromatic N) is 2. The van der Waals surface area contributed by atoms with Crippen molar-refractivity contribution in [2.45, 2.75) is 25.8 Å². The molecular weight excluding hydrogens is 310 g/mol. The summed E-state index contributed by atoms with van der Waals surface area (Å²) in [5.74, 6) is -0.0338. The lowest BCUT2D eigenvalue weighted by atomic mass is 10.0. The number of nitrogens with one attached hydrogen (secondary N) is 1. The summed E-state index contributed by atoms with van der Waals surface area (Å²) >= 11 is 1.56. The highest BCUT2D eigenvalue weighted by atomic mass is 32.1. The Morgan fingerprint density at radius 1 is 1.39 bits per heavy atom. The zero-order valence-electron chi connectivity index (χ0n) is 13.0. The van der Waals surface area contributed by atoms with Crippen LogP contribution in [0.5, 0.6) is 0 Å². The molecule has 1 aromatic heterocycles. The highest BCUT2D eigenvalue weighted by Crippen LogP contribution is 2.23. The molecule has 0 bridgehead atoms. The quantitative estimate of drug-likeness (QED) is 0.941. The van der Waals surface area contributed by atoms with Gasteiger partial charge in [-0.3, -0.25) is 9.59 Å². The maximum Gasteiger partial charge on any atom is 0.253 e. The lowest BCUT2D eigenvalue weighted by molar-refractivity contribution is -0.120. The van der Waals surface area contributed by atoms with Crippen LogP contribution in [-0.4, -0.2) is 40.8 Å². The summed E-state index contributed by atoms with van der Waals surface area (Å²) in [6.07, 6.45) is 3.59. The van der Waals surface area contributed by atoms with Crippen LogP contribution in [0.4, 0.5) is 0 Å². The predicted octanol–water partition coefficient (Wildman–Crippen LogP) is 2.55. The standard InChI is InChI=1S/C17H19N3O2S/c1-12(21)19-15-6-3-8-20(11-15)17(22)14-5-2-4-13(10-14)16-18-7-9-23-16/h2,4-5,7,9-10,15H,3,6,8,11H2,1H3,(H,19,21). The van der Waals surface area contributed by atoms with E-state index in [1.807, 2.05) is 34.5 Å². The Hall–Kier alpha value is -2.21. The molecule has 2 amide bonds. The molecule has 23 heavy (non-hydrogen) atoms. The highest BCUT2D eigenvalue weighted by molar-refractivity contribution is 7.13. The molecule has 1 aliphatic rings. The van der Waals surface area contributed by atoms with Crippen LogP contribution in [0.15, 0.2) is 35.8 Å². The Morgan fingerprint density at radius 3 is 3.00 bits per heavy atom. The molecule has 0 aliphatic carbocycles. The van der Waals surface area contributed by atoms with Crippen molar-refractivity contribution in [2.24, 2.45) is 0 Å². The van der Waals surface area contributed by atoms with Crippen molar-refractivity contribution in [1.29, 1.82) is 0 Å². The Morgan fingerprint density at radius 2 is 2.26 bits per heavy atom. The lowest BCUT2D eigenvalue weighted by Gasteiger charge is -2.33. The molecule has 0 spiro atoms. The van der Waals surface area contributed by atoms with Gasteiger partial charge in [-0.2, -0.15) is 0 Å². The van der Waals surface area contributed by atoms with Crippen molar-refractivity contribution in [3.05, 3.63) is 41.4 Å². The van der Waals surface area contributed by atoms with Gasteiger partial charge in [0.1, 0.15) is 5.01 Å². The molecule has 2 heterocycles. The maximum atomic E-state index is 12.7. The van der Waals surface area contributed by atoms with Crippen molar-refractivity contribution >= 4 is 23.2 Å². The molecule has 1 saturated heterocycles. The number of piperidine rings is 1. The normalized spacial score (nSPS) is 17.8.